The summed E-state index contributed by atoms with van der Waals surface area (Å²) in [5.74, 6) is -0.479. The quantitative estimate of drug-likeness (QED) is 0.269. The van der Waals surface area contributed by atoms with Crippen molar-refractivity contribution in [3.63, 3.8) is 0 Å². The van der Waals surface area contributed by atoms with Gasteiger partial charge in [-0.25, -0.2) is 4.39 Å². The SMILES string of the molecule is [2H][C@](Nc1cc(Cl)c2ncc(C#N)c(Nc3cnc(C)c(F)c3)c2c1)(C1=CNNN1)c1cccnc1. The van der Waals surface area contributed by atoms with Crippen molar-refractivity contribution in [1.29, 1.82) is 5.26 Å². The second-order valence-electron chi connectivity index (χ2n) is 7.62. The highest BCUT2D eigenvalue weighted by atomic mass is 35.5. The standard InChI is InChI=1S/C24H19ClFN9/c1-13-20(26)7-17(11-29-13)33-22-15(8-27)10-30-24-18(22)5-16(6-19(24)25)32-23(21-12-31-35-34-21)14-3-2-4-28-9-14/h2-7,9-12,23,31-32,34-35H,1H3,(H,30,33)/t23-/m1/s1/i23D. The predicted molar refractivity (Wildman–Crippen MR) is 132 cm³/mol. The fourth-order valence-electron chi connectivity index (χ4n) is 3.60. The molecule has 1 aliphatic heterocycles. The van der Waals surface area contributed by atoms with E-state index in [2.05, 4.69) is 48.0 Å². The van der Waals surface area contributed by atoms with Gasteiger partial charge in [-0.3, -0.25) is 15.0 Å². The van der Waals surface area contributed by atoms with Gasteiger partial charge in [0.15, 0.2) is 0 Å². The number of fused-ring (bicyclic) bond motifs is 1. The summed E-state index contributed by atoms with van der Waals surface area (Å²) in [7, 11) is 0. The van der Waals surface area contributed by atoms with Crippen LogP contribution in [0.15, 0.2) is 67.0 Å². The first kappa shape index (κ1) is 21.1. The van der Waals surface area contributed by atoms with Gasteiger partial charge in [-0.1, -0.05) is 17.7 Å². The van der Waals surface area contributed by atoms with E-state index in [0.29, 0.717) is 44.2 Å². The number of anilines is 3. The fourth-order valence-corrected chi connectivity index (χ4v) is 3.87. The van der Waals surface area contributed by atoms with Crippen LogP contribution in [0, 0.1) is 24.1 Å². The lowest BCUT2D eigenvalue weighted by atomic mass is 10.0. The third kappa shape index (κ3) is 4.50. The maximum absolute atomic E-state index is 14.1. The summed E-state index contributed by atoms with van der Waals surface area (Å²) in [6, 6.07) is 8.81. The van der Waals surface area contributed by atoms with Gasteiger partial charge >= 0.3 is 0 Å². The molecule has 1 aliphatic rings. The molecule has 0 unspecified atom stereocenters. The molecule has 0 bridgehead atoms. The highest BCUT2D eigenvalue weighted by Gasteiger charge is 2.21. The Morgan fingerprint density at radius 3 is 2.80 bits per heavy atom. The zero-order chi connectivity index (χ0) is 25.3. The minimum atomic E-state index is -1.49. The largest absolute Gasteiger partial charge is 0.373 e. The summed E-state index contributed by atoms with van der Waals surface area (Å²) < 4.78 is 23.4. The van der Waals surface area contributed by atoms with Crippen LogP contribution in [0.3, 0.4) is 0 Å². The molecule has 1 atom stereocenters. The molecule has 11 heteroatoms. The third-order valence-electron chi connectivity index (χ3n) is 5.31. The Morgan fingerprint density at radius 2 is 2.09 bits per heavy atom. The van der Waals surface area contributed by atoms with Crippen LogP contribution in [0.4, 0.5) is 21.5 Å². The molecule has 0 aliphatic carbocycles. The van der Waals surface area contributed by atoms with Crippen LogP contribution < -0.4 is 27.0 Å². The fraction of sp³-hybridized carbons (Fsp3) is 0.0833. The molecule has 5 N–H and O–H groups in total. The van der Waals surface area contributed by atoms with Gasteiger partial charge in [0.2, 0.25) is 0 Å². The minimum Gasteiger partial charge on any atom is -0.373 e. The summed E-state index contributed by atoms with van der Waals surface area (Å²) in [4.78, 5) is 12.5. The van der Waals surface area contributed by atoms with E-state index in [4.69, 9.17) is 11.6 Å². The Morgan fingerprint density at radius 1 is 1.20 bits per heavy atom. The lowest BCUT2D eigenvalue weighted by Gasteiger charge is -2.22. The molecule has 3 aromatic heterocycles. The highest BCUT2D eigenvalue weighted by molar-refractivity contribution is 6.36. The number of hydrogen-bond acceptors (Lipinski definition) is 9. The van der Waals surface area contributed by atoms with E-state index in [9.17, 15) is 11.0 Å². The third-order valence-corrected chi connectivity index (χ3v) is 5.60. The van der Waals surface area contributed by atoms with Crippen LogP contribution in [0.2, 0.25) is 5.02 Å². The van der Waals surface area contributed by atoms with E-state index in [1.54, 1.807) is 49.8 Å². The van der Waals surface area contributed by atoms with Crippen LogP contribution in [0.1, 0.15) is 24.2 Å². The maximum Gasteiger partial charge on any atom is 0.146 e. The van der Waals surface area contributed by atoms with Crippen molar-refractivity contribution in [1.82, 2.24) is 31.3 Å². The molecule has 0 radical (unpaired) electrons. The van der Waals surface area contributed by atoms with Crippen LogP contribution in [0.25, 0.3) is 10.9 Å². The van der Waals surface area contributed by atoms with E-state index in [1.807, 2.05) is 0 Å². The Kier molecular flexibility index (Phi) is 5.68. The number of nitriles is 1. The van der Waals surface area contributed by atoms with E-state index >= 15 is 0 Å². The molecule has 9 nitrogen and oxygen atoms in total. The van der Waals surface area contributed by atoms with Crippen molar-refractivity contribution < 1.29 is 5.76 Å². The average Bonchev–Trinajstić information content (AvgIpc) is 3.43. The zero-order valence-corrected chi connectivity index (χ0v) is 19.1. The first-order chi connectivity index (χ1) is 17.4. The van der Waals surface area contributed by atoms with Gasteiger partial charge in [-0.15, -0.1) is 0 Å². The van der Waals surface area contributed by atoms with Gasteiger partial charge in [0.25, 0.3) is 0 Å². The molecular formula is C24H19ClFN9. The first-order valence-corrected chi connectivity index (χ1v) is 10.8. The van der Waals surface area contributed by atoms with E-state index < -0.39 is 11.8 Å². The van der Waals surface area contributed by atoms with Crippen molar-refractivity contribution in [2.75, 3.05) is 10.6 Å². The second kappa shape index (κ2) is 9.42. The summed E-state index contributed by atoms with van der Waals surface area (Å²) in [6.45, 7) is 1.56. The van der Waals surface area contributed by atoms with E-state index in [0.717, 1.165) is 0 Å². The Labute approximate surface area is 206 Å². The van der Waals surface area contributed by atoms with Crippen molar-refractivity contribution in [2.24, 2.45) is 0 Å². The molecule has 0 spiro atoms. The van der Waals surface area contributed by atoms with Gasteiger partial charge in [-0.2, -0.15) is 10.8 Å². The van der Waals surface area contributed by atoms with E-state index in [-0.39, 0.29) is 11.3 Å². The lowest BCUT2D eigenvalue weighted by molar-refractivity contribution is 0.583. The van der Waals surface area contributed by atoms with Crippen molar-refractivity contribution in [3.05, 3.63) is 94.7 Å². The van der Waals surface area contributed by atoms with E-state index in [1.165, 1.54) is 18.5 Å². The average molecular weight is 489 g/mol. The molecule has 0 saturated heterocycles. The van der Waals surface area contributed by atoms with Gasteiger partial charge in [0.1, 0.15) is 11.9 Å². The number of pyridine rings is 3. The monoisotopic (exact) mass is 488 g/mol. The summed E-state index contributed by atoms with van der Waals surface area (Å²) in [5.41, 5.74) is 11.7. The molecule has 4 heterocycles. The topological polar surface area (TPSA) is 123 Å². The number of rotatable bonds is 6. The number of halogens is 2. The normalized spacial score (nSPS) is 14.7. The maximum atomic E-state index is 14.1. The molecule has 0 saturated carbocycles. The Bertz CT molecular complexity index is 1540. The zero-order valence-electron chi connectivity index (χ0n) is 19.3. The minimum absolute atomic E-state index is 0.231. The van der Waals surface area contributed by atoms with Gasteiger partial charge in [0.05, 0.1) is 52.5 Å². The summed E-state index contributed by atoms with van der Waals surface area (Å²) in [6.07, 6.45) is 7.71. The molecule has 174 valence electrons. The Hall–Kier alpha value is -4.46. The molecule has 4 aromatic rings. The van der Waals surface area contributed by atoms with Crippen LogP contribution in [-0.4, -0.2) is 15.0 Å². The van der Waals surface area contributed by atoms with Crippen LogP contribution in [0.5, 0.6) is 0 Å². The smallest absolute Gasteiger partial charge is 0.146 e. The number of benzene rings is 1. The molecular weight excluding hydrogens is 469 g/mol. The van der Waals surface area contributed by atoms with Crippen molar-refractivity contribution in [2.45, 2.75) is 12.9 Å². The van der Waals surface area contributed by atoms with Gasteiger partial charge < -0.3 is 21.5 Å². The number of nitrogens with one attached hydrogen (secondary N) is 5. The first-order valence-electron chi connectivity index (χ1n) is 11.0. The van der Waals surface area contributed by atoms with Crippen LogP contribution in [-0.2, 0) is 0 Å². The number of aryl methyl sites for hydroxylation is 1. The summed E-state index contributed by atoms with van der Waals surface area (Å²) in [5, 5.41) is 16.8. The molecule has 35 heavy (non-hydrogen) atoms. The lowest BCUT2D eigenvalue weighted by Crippen LogP contribution is -2.33. The number of hydrogen-bond donors (Lipinski definition) is 5. The number of nitrogens with zero attached hydrogens (tertiary/aromatic N) is 4. The number of aromatic nitrogens is 3. The Balaban J connectivity index is 1.63. The predicted octanol–water partition coefficient (Wildman–Crippen LogP) is 4.35. The van der Waals surface area contributed by atoms with Crippen molar-refractivity contribution >= 4 is 39.6 Å². The van der Waals surface area contributed by atoms with Gasteiger partial charge in [0, 0.05) is 41.9 Å². The van der Waals surface area contributed by atoms with Crippen LogP contribution >= 0.6 is 11.6 Å². The second-order valence-corrected chi connectivity index (χ2v) is 8.03. The molecule has 5 rings (SSSR count). The molecule has 1 aromatic carbocycles. The summed E-state index contributed by atoms with van der Waals surface area (Å²) >= 11 is 6.60. The molecule has 0 amide bonds. The van der Waals surface area contributed by atoms with Gasteiger partial charge in [-0.05, 0) is 30.7 Å². The van der Waals surface area contributed by atoms with Crippen molar-refractivity contribution in [3.8, 4) is 6.07 Å². The molecule has 0 fully saturated rings. The number of hydrazine groups is 2. The highest BCUT2D eigenvalue weighted by Crippen LogP contribution is 2.36.